The molecule has 0 radical (unpaired) electrons. The molecule has 0 aliphatic carbocycles. The summed E-state index contributed by atoms with van der Waals surface area (Å²) in [6.45, 7) is 5.24. The molecular formula is C23H28N2O6. The lowest BCUT2D eigenvalue weighted by Crippen LogP contribution is -2.71. The van der Waals surface area contributed by atoms with E-state index in [0.717, 1.165) is 11.3 Å². The molecule has 1 saturated heterocycles. The largest absolute Gasteiger partial charge is 0.469 e. The van der Waals surface area contributed by atoms with Gasteiger partial charge in [0.1, 0.15) is 30.6 Å². The van der Waals surface area contributed by atoms with Crippen molar-refractivity contribution in [3.05, 3.63) is 60.1 Å². The van der Waals surface area contributed by atoms with Gasteiger partial charge in [0.05, 0.1) is 12.3 Å². The van der Waals surface area contributed by atoms with Gasteiger partial charge in [0.25, 0.3) is 0 Å². The highest BCUT2D eigenvalue weighted by atomic mass is 16.6. The second-order valence-corrected chi connectivity index (χ2v) is 8.42. The van der Waals surface area contributed by atoms with Gasteiger partial charge in [-0.1, -0.05) is 30.3 Å². The molecule has 0 unspecified atom stereocenters. The number of carbonyl (C=O) groups excluding carboxylic acids is 3. The van der Waals surface area contributed by atoms with E-state index in [1.54, 1.807) is 33.1 Å². The maximum absolute atomic E-state index is 12.7. The van der Waals surface area contributed by atoms with E-state index in [-0.39, 0.29) is 25.1 Å². The smallest absolute Gasteiger partial charge is 0.408 e. The van der Waals surface area contributed by atoms with Crippen LogP contribution in [0.25, 0.3) is 0 Å². The monoisotopic (exact) mass is 428 g/mol. The van der Waals surface area contributed by atoms with Crippen molar-refractivity contribution in [2.75, 3.05) is 6.54 Å². The normalized spacial score (nSPS) is 18.3. The van der Waals surface area contributed by atoms with Gasteiger partial charge in [-0.25, -0.2) is 4.79 Å². The van der Waals surface area contributed by atoms with Crippen LogP contribution < -0.4 is 5.32 Å². The molecule has 1 aliphatic rings. The maximum atomic E-state index is 12.7. The van der Waals surface area contributed by atoms with Gasteiger partial charge >= 0.3 is 12.1 Å². The predicted octanol–water partition coefficient (Wildman–Crippen LogP) is 3.06. The summed E-state index contributed by atoms with van der Waals surface area (Å²) in [5, 5.41) is 2.63. The minimum Gasteiger partial charge on any atom is -0.469 e. The summed E-state index contributed by atoms with van der Waals surface area (Å²) in [6, 6.07) is 11.8. The Labute approximate surface area is 181 Å². The SMILES string of the molecule is CC(C)(C)OC(=O)CN1C(=O)[C@@H](NC(=O)OCc2ccccc2)[C@H]1CCc1ccco1. The topological polar surface area (TPSA) is 98.1 Å². The maximum Gasteiger partial charge on any atom is 0.408 e. The molecule has 1 aromatic carbocycles. The zero-order chi connectivity index (χ0) is 22.4. The number of nitrogens with one attached hydrogen (secondary N) is 1. The molecule has 31 heavy (non-hydrogen) atoms. The van der Waals surface area contributed by atoms with Crippen LogP contribution in [-0.2, 0) is 32.1 Å². The Balaban J connectivity index is 1.59. The lowest BCUT2D eigenvalue weighted by molar-refractivity contribution is -0.167. The summed E-state index contributed by atoms with van der Waals surface area (Å²) >= 11 is 0. The van der Waals surface area contributed by atoms with E-state index in [1.165, 1.54) is 4.90 Å². The average molecular weight is 428 g/mol. The Hall–Kier alpha value is -3.29. The molecule has 166 valence electrons. The average Bonchev–Trinajstić information content (AvgIpc) is 3.23. The summed E-state index contributed by atoms with van der Waals surface area (Å²) in [6.07, 6.45) is 1.98. The van der Waals surface area contributed by atoms with Gasteiger partial charge < -0.3 is 24.1 Å². The number of esters is 1. The molecule has 8 heteroatoms. The van der Waals surface area contributed by atoms with E-state index in [2.05, 4.69) is 5.32 Å². The zero-order valence-electron chi connectivity index (χ0n) is 18.0. The van der Waals surface area contributed by atoms with E-state index in [1.807, 2.05) is 36.4 Å². The van der Waals surface area contributed by atoms with Crippen LogP contribution in [0.3, 0.4) is 0 Å². The molecule has 1 aromatic heterocycles. The van der Waals surface area contributed by atoms with Crippen LogP contribution in [0.4, 0.5) is 4.79 Å². The van der Waals surface area contributed by atoms with Crippen LogP contribution in [0.15, 0.2) is 53.1 Å². The number of likely N-dealkylation sites (tertiary alicyclic amines) is 1. The minimum absolute atomic E-state index is 0.103. The van der Waals surface area contributed by atoms with Crippen LogP contribution >= 0.6 is 0 Å². The van der Waals surface area contributed by atoms with Crippen LogP contribution in [-0.4, -0.2) is 47.1 Å². The van der Waals surface area contributed by atoms with Crippen molar-refractivity contribution in [2.24, 2.45) is 0 Å². The summed E-state index contributed by atoms with van der Waals surface area (Å²) in [5.74, 6) is -0.0668. The van der Waals surface area contributed by atoms with Gasteiger partial charge in [-0.15, -0.1) is 0 Å². The molecule has 0 spiro atoms. The van der Waals surface area contributed by atoms with Crippen LogP contribution in [0.1, 0.15) is 38.5 Å². The van der Waals surface area contributed by atoms with Gasteiger partial charge in [0.15, 0.2) is 0 Å². The highest BCUT2D eigenvalue weighted by Crippen LogP contribution is 2.25. The molecule has 1 N–H and O–H groups in total. The summed E-state index contributed by atoms with van der Waals surface area (Å²) in [7, 11) is 0. The fraction of sp³-hybridized carbons (Fsp3) is 0.435. The quantitative estimate of drug-likeness (QED) is 0.513. The number of benzene rings is 1. The van der Waals surface area contributed by atoms with Gasteiger partial charge in [-0.3, -0.25) is 9.59 Å². The second kappa shape index (κ2) is 9.68. The lowest BCUT2D eigenvalue weighted by atomic mass is 9.90. The van der Waals surface area contributed by atoms with Crippen LogP contribution in [0.5, 0.6) is 0 Å². The number of aryl methyl sites for hydroxylation is 1. The molecule has 1 aliphatic heterocycles. The number of hydrogen-bond donors (Lipinski definition) is 1. The van der Waals surface area contributed by atoms with Gasteiger partial charge in [-0.05, 0) is 44.9 Å². The number of carbonyl (C=O) groups is 3. The van der Waals surface area contributed by atoms with Gasteiger partial charge in [0, 0.05) is 6.42 Å². The van der Waals surface area contributed by atoms with Crippen molar-refractivity contribution < 1.29 is 28.3 Å². The number of furan rings is 1. The summed E-state index contributed by atoms with van der Waals surface area (Å²) < 4.78 is 15.9. The lowest BCUT2D eigenvalue weighted by Gasteiger charge is -2.46. The molecule has 3 rings (SSSR count). The first-order valence-corrected chi connectivity index (χ1v) is 10.2. The summed E-state index contributed by atoms with van der Waals surface area (Å²) in [5.41, 5.74) is 0.201. The number of β-lactam (4-membered cyclic amide) rings is 1. The first-order chi connectivity index (χ1) is 14.7. The van der Waals surface area contributed by atoms with E-state index in [0.29, 0.717) is 12.8 Å². The fourth-order valence-electron chi connectivity index (χ4n) is 3.43. The van der Waals surface area contributed by atoms with E-state index >= 15 is 0 Å². The van der Waals surface area contributed by atoms with Crippen LogP contribution in [0.2, 0.25) is 0 Å². The minimum atomic E-state index is -0.763. The Morgan fingerprint density at radius 2 is 1.87 bits per heavy atom. The molecule has 2 aromatic rings. The van der Waals surface area contributed by atoms with Gasteiger partial charge in [0.2, 0.25) is 5.91 Å². The molecule has 0 saturated carbocycles. The highest BCUT2D eigenvalue weighted by molar-refractivity contribution is 5.94. The number of amides is 2. The van der Waals surface area contributed by atoms with Crippen molar-refractivity contribution in [3.63, 3.8) is 0 Å². The molecule has 8 nitrogen and oxygen atoms in total. The molecule has 0 bridgehead atoms. The standard InChI is InChI=1S/C23H28N2O6/c1-23(2,3)31-19(26)14-25-18(12-11-17-10-7-13-29-17)20(21(25)27)24-22(28)30-15-16-8-5-4-6-9-16/h4-10,13,18,20H,11-12,14-15H2,1-3H3,(H,24,28)/t18-,20+/m1/s1. The third-order valence-corrected chi connectivity index (χ3v) is 4.81. The molecular weight excluding hydrogens is 400 g/mol. The Bertz CT molecular complexity index is 889. The number of ether oxygens (including phenoxy) is 2. The van der Waals surface area contributed by atoms with Crippen molar-refractivity contribution in [3.8, 4) is 0 Å². The third kappa shape index (κ3) is 6.34. The predicted molar refractivity (Wildman–Crippen MR) is 112 cm³/mol. The van der Waals surface area contributed by atoms with Crippen molar-refractivity contribution >= 4 is 18.0 Å². The molecule has 2 amide bonds. The van der Waals surface area contributed by atoms with Crippen molar-refractivity contribution in [2.45, 2.75) is 57.9 Å². The van der Waals surface area contributed by atoms with Crippen LogP contribution in [0, 0.1) is 0 Å². The Morgan fingerprint density at radius 1 is 1.13 bits per heavy atom. The van der Waals surface area contributed by atoms with E-state index in [9.17, 15) is 14.4 Å². The van der Waals surface area contributed by atoms with Crippen molar-refractivity contribution in [1.82, 2.24) is 10.2 Å². The fourth-order valence-corrected chi connectivity index (χ4v) is 3.43. The number of alkyl carbamates (subject to hydrolysis) is 1. The first kappa shape index (κ1) is 22.4. The third-order valence-electron chi connectivity index (χ3n) is 4.81. The number of nitrogens with zero attached hydrogens (tertiary/aromatic N) is 1. The number of hydrogen-bond acceptors (Lipinski definition) is 6. The van der Waals surface area contributed by atoms with Crippen molar-refractivity contribution in [1.29, 1.82) is 0 Å². The van der Waals surface area contributed by atoms with Gasteiger partial charge in [-0.2, -0.15) is 0 Å². The Morgan fingerprint density at radius 3 is 2.52 bits per heavy atom. The first-order valence-electron chi connectivity index (χ1n) is 10.2. The molecule has 1 fully saturated rings. The van der Waals surface area contributed by atoms with E-state index in [4.69, 9.17) is 13.9 Å². The molecule has 2 heterocycles. The van der Waals surface area contributed by atoms with E-state index < -0.39 is 23.7 Å². The number of rotatable bonds is 8. The summed E-state index contributed by atoms with van der Waals surface area (Å²) in [4.78, 5) is 38.6. The second-order valence-electron chi connectivity index (χ2n) is 8.42. The zero-order valence-corrected chi connectivity index (χ0v) is 18.0. The highest BCUT2D eigenvalue weighted by Gasteiger charge is 2.49. The Kier molecular flexibility index (Phi) is 6.99. The molecule has 2 atom stereocenters.